The van der Waals surface area contributed by atoms with E-state index in [9.17, 15) is 4.79 Å². The largest absolute Gasteiger partial charge is 0.444 e. The average Bonchev–Trinajstić information content (AvgIpc) is 3.22. The van der Waals surface area contributed by atoms with Crippen LogP contribution in [0.4, 0.5) is 10.6 Å². The van der Waals surface area contributed by atoms with Crippen LogP contribution in [0.25, 0.3) is 10.1 Å². The second-order valence-corrected chi connectivity index (χ2v) is 9.50. The molecule has 3 atom stereocenters. The van der Waals surface area contributed by atoms with Gasteiger partial charge in [0.25, 0.3) is 0 Å². The number of amides is 1. The molecule has 2 aliphatic rings. The summed E-state index contributed by atoms with van der Waals surface area (Å²) in [5, 5.41) is 15.3. The third-order valence-electron chi connectivity index (χ3n) is 5.08. The van der Waals surface area contributed by atoms with Crippen LogP contribution in [0.15, 0.2) is 11.4 Å². The van der Waals surface area contributed by atoms with E-state index in [1.807, 2.05) is 37.1 Å². The van der Waals surface area contributed by atoms with Gasteiger partial charge in [0.1, 0.15) is 5.60 Å². The molecule has 140 valence electrons. The Balaban J connectivity index is 1.38. The van der Waals surface area contributed by atoms with Crippen LogP contribution in [0.5, 0.6) is 0 Å². The highest BCUT2D eigenvalue weighted by Gasteiger charge is 2.43. The van der Waals surface area contributed by atoms with Gasteiger partial charge in [-0.05, 0) is 56.9 Å². The van der Waals surface area contributed by atoms with Gasteiger partial charge in [0.15, 0.2) is 11.0 Å². The van der Waals surface area contributed by atoms with E-state index in [0.717, 1.165) is 41.8 Å². The number of hydrogen-bond donors (Lipinski definition) is 1. The molecule has 2 fully saturated rings. The number of fused-ring (bicyclic) bond motifs is 2. The number of halogens is 1. The first kappa shape index (κ1) is 17.8. The zero-order valence-electron chi connectivity index (χ0n) is 15.2. The Morgan fingerprint density at radius 2 is 2.00 bits per heavy atom. The van der Waals surface area contributed by atoms with Crippen molar-refractivity contribution >= 4 is 44.9 Å². The lowest BCUT2D eigenvalue weighted by molar-refractivity contribution is 0.0280. The molecule has 8 heteroatoms. The van der Waals surface area contributed by atoms with Crippen molar-refractivity contribution in [1.29, 1.82) is 0 Å². The predicted octanol–water partition coefficient (Wildman–Crippen LogP) is 4.40. The highest BCUT2D eigenvalue weighted by Crippen LogP contribution is 2.40. The molecule has 26 heavy (non-hydrogen) atoms. The van der Waals surface area contributed by atoms with Crippen molar-refractivity contribution in [2.75, 3.05) is 18.4 Å². The maximum absolute atomic E-state index is 12.3. The summed E-state index contributed by atoms with van der Waals surface area (Å²) in [6.07, 6.45) is 1.86. The first-order valence-electron chi connectivity index (χ1n) is 8.94. The summed E-state index contributed by atoms with van der Waals surface area (Å²) < 4.78 is 6.56. The van der Waals surface area contributed by atoms with Gasteiger partial charge in [0, 0.05) is 24.5 Å². The first-order chi connectivity index (χ1) is 12.3. The van der Waals surface area contributed by atoms with E-state index in [2.05, 4.69) is 15.5 Å². The van der Waals surface area contributed by atoms with E-state index in [0.29, 0.717) is 23.0 Å². The molecule has 0 aromatic carbocycles. The van der Waals surface area contributed by atoms with Crippen LogP contribution in [0.2, 0.25) is 5.15 Å². The average molecular weight is 395 g/mol. The lowest BCUT2D eigenvalue weighted by Gasteiger charge is -2.25. The standard InChI is InChI=1S/C18H23ClN4O2S/c1-18(2,3)25-17(24)23-8-10-6-12(7-11(10)9-23)20-16-14-13(4-5-26-14)15(19)21-22-16/h4-5,10-12H,6-9H2,1-3H3,(H,20,22)/t10-,11+,12?. The number of aromatic nitrogens is 2. The second kappa shape index (κ2) is 6.53. The first-order valence-corrected chi connectivity index (χ1v) is 10.2. The van der Waals surface area contributed by atoms with Gasteiger partial charge in [0.2, 0.25) is 0 Å². The van der Waals surface area contributed by atoms with E-state index in [1.165, 1.54) is 0 Å². The van der Waals surface area contributed by atoms with Gasteiger partial charge < -0.3 is 15.0 Å². The Labute approximate surface area is 161 Å². The summed E-state index contributed by atoms with van der Waals surface area (Å²) in [7, 11) is 0. The molecule has 1 saturated heterocycles. The summed E-state index contributed by atoms with van der Waals surface area (Å²) in [5.41, 5.74) is -0.446. The minimum Gasteiger partial charge on any atom is -0.444 e. The molecular weight excluding hydrogens is 372 g/mol. The smallest absolute Gasteiger partial charge is 0.410 e. The van der Waals surface area contributed by atoms with Gasteiger partial charge in [-0.15, -0.1) is 21.5 Å². The lowest BCUT2D eigenvalue weighted by atomic mass is 10.0. The number of carbonyl (C=O) groups is 1. The zero-order valence-corrected chi connectivity index (χ0v) is 16.7. The fourth-order valence-corrected chi connectivity index (χ4v) is 5.12. The van der Waals surface area contributed by atoms with Crippen LogP contribution in [-0.2, 0) is 4.74 Å². The summed E-state index contributed by atoms with van der Waals surface area (Å²) in [6, 6.07) is 2.33. The van der Waals surface area contributed by atoms with Crippen molar-refractivity contribution in [2.45, 2.75) is 45.3 Å². The number of rotatable bonds is 2. The summed E-state index contributed by atoms with van der Waals surface area (Å²) in [5.74, 6) is 1.84. The molecule has 1 saturated carbocycles. The molecule has 1 aliphatic carbocycles. The Hall–Kier alpha value is -1.60. The van der Waals surface area contributed by atoms with E-state index < -0.39 is 5.60 Å². The number of thiophene rings is 1. The maximum atomic E-state index is 12.3. The SMILES string of the molecule is CC(C)(C)OC(=O)N1C[C@H]2CC(Nc3nnc(Cl)c4ccsc34)C[C@H]2C1. The Morgan fingerprint density at radius 1 is 1.31 bits per heavy atom. The van der Waals surface area contributed by atoms with Gasteiger partial charge in [-0.25, -0.2) is 4.79 Å². The molecule has 0 spiro atoms. The fraction of sp³-hybridized carbons (Fsp3) is 0.611. The number of nitrogens with one attached hydrogen (secondary N) is 1. The number of likely N-dealkylation sites (tertiary alicyclic amines) is 1. The highest BCUT2D eigenvalue weighted by molar-refractivity contribution is 7.17. The van der Waals surface area contributed by atoms with Crippen molar-refractivity contribution in [1.82, 2.24) is 15.1 Å². The Kier molecular flexibility index (Phi) is 4.47. The van der Waals surface area contributed by atoms with Crippen LogP contribution in [-0.4, -0.2) is 45.9 Å². The third-order valence-corrected chi connectivity index (χ3v) is 6.28. The number of anilines is 1. The normalized spacial score (nSPS) is 25.5. The minimum atomic E-state index is -0.446. The molecule has 2 aromatic heterocycles. The van der Waals surface area contributed by atoms with Crippen molar-refractivity contribution in [3.63, 3.8) is 0 Å². The van der Waals surface area contributed by atoms with Crippen molar-refractivity contribution < 1.29 is 9.53 Å². The molecule has 1 unspecified atom stereocenters. The van der Waals surface area contributed by atoms with Crippen LogP contribution < -0.4 is 5.32 Å². The molecule has 0 radical (unpaired) electrons. The predicted molar refractivity (Wildman–Crippen MR) is 104 cm³/mol. The summed E-state index contributed by atoms with van der Waals surface area (Å²) >= 11 is 7.74. The molecule has 1 amide bonds. The number of nitrogens with zero attached hydrogens (tertiary/aromatic N) is 3. The molecule has 3 heterocycles. The van der Waals surface area contributed by atoms with Crippen LogP contribution in [0.3, 0.4) is 0 Å². The van der Waals surface area contributed by atoms with Gasteiger partial charge in [-0.1, -0.05) is 11.6 Å². The number of carbonyl (C=O) groups excluding carboxylic acids is 1. The quantitative estimate of drug-likeness (QED) is 0.817. The minimum absolute atomic E-state index is 0.194. The van der Waals surface area contributed by atoms with E-state index in [-0.39, 0.29) is 6.09 Å². The molecule has 4 rings (SSSR count). The third kappa shape index (κ3) is 3.47. The van der Waals surface area contributed by atoms with E-state index in [4.69, 9.17) is 16.3 Å². The van der Waals surface area contributed by atoms with Crippen molar-refractivity contribution in [2.24, 2.45) is 11.8 Å². The lowest BCUT2D eigenvalue weighted by Crippen LogP contribution is -2.36. The number of hydrogen-bond acceptors (Lipinski definition) is 6. The molecular formula is C18H23ClN4O2S. The van der Waals surface area contributed by atoms with Crippen LogP contribution >= 0.6 is 22.9 Å². The Bertz CT molecular complexity index is 820. The van der Waals surface area contributed by atoms with Gasteiger partial charge in [0.05, 0.1) is 4.70 Å². The summed E-state index contributed by atoms with van der Waals surface area (Å²) in [4.78, 5) is 14.1. The molecule has 0 bridgehead atoms. The van der Waals surface area contributed by atoms with Crippen molar-refractivity contribution in [3.8, 4) is 0 Å². The van der Waals surface area contributed by atoms with E-state index >= 15 is 0 Å². The Morgan fingerprint density at radius 3 is 2.65 bits per heavy atom. The molecule has 1 N–H and O–H groups in total. The zero-order chi connectivity index (χ0) is 18.5. The molecule has 2 aromatic rings. The molecule has 6 nitrogen and oxygen atoms in total. The highest BCUT2D eigenvalue weighted by atomic mass is 35.5. The van der Waals surface area contributed by atoms with Gasteiger partial charge in [-0.2, -0.15) is 0 Å². The molecule has 1 aliphatic heterocycles. The topological polar surface area (TPSA) is 67.3 Å². The number of ether oxygens (including phenoxy) is 1. The van der Waals surface area contributed by atoms with Gasteiger partial charge in [-0.3, -0.25) is 0 Å². The van der Waals surface area contributed by atoms with Crippen molar-refractivity contribution in [3.05, 3.63) is 16.6 Å². The monoisotopic (exact) mass is 394 g/mol. The summed E-state index contributed by atoms with van der Waals surface area (Å²) in [6.45, 7) is 7.26. The van der Waals surface area contributed by atoms with Crippen LogP contribution in [0.1, 0.15) is 33.6 Å². The maximum Gasteiger partial charge on any atom is 0.410 e. The second-order valence-electron chi connectivity index (χ2n) is 8.22. The fourth-order valence-electron chi connectivity index (χ4n) is 4.03. The van der Waals surface area contributed by atoms with E-state index in [1.54, 1.807) is 11.3 Å². The van der Waals surface area contributed by atoms with Gasteiger partial charge >= 0.3 is 6.09 Å². The van der Waals surface area contributed by atoms with Crippen LogP contribution in [0, 0.1) is 11.8 Å².